The Morgan fingerprint density at radius 3 is 2.33 bits per heavy atom. The van der Waals surface area contributed by atoms with Gasteiger partial charge in [0, 0.05) is 5.92 Å². The van der Waals surface area contributed by atoms with Gasteiger partial charge >= 0.3 is 5.97 Å². The van der Waals surface area contributed by atoms with Crippen molar-refractivity contribution in [3.05, 3.63) is 0 Å². The second-order valence-corrected chi connectivity index (χ2v) is 5.08. The van der Waals surface area contributed by atoms with Crippen LogP contribution in [0.5, 0.6) is 0 Å². The van der Waals surface area contributed by atoms with E-state index in [1.807, 2.05) is 13.8 Å². The quantitative estimate of drug-likeness (QED) is 0.603. The van der Waals surface area contributed by atoms with Gasteiger partial charge in [-0.3, -0.25) is 9.59 Å². The number of carboxylic acid groups (broad SMARTS) is 1. The first-order chi connectivity index (χ1) is 8.40. The zero-order valence-electron chi connectivity index (χ0n) is 10.7. The first kappa shape index (κ1) is 14.5. The van der Waals surface area contributed by atoms with E-state index in [0.29, 0.717) is 6.42 Å². The average Bonchev–Trinajstić information content (AvgIpc) is 3.07. The third kappa shape index (κ3) is 5.16. The summed E-state index contributed by atoms with van der Waals surface area (Å²) in [6.07, 6.45) is 2.12. The van der Waals surface area contributed by atoms with Gasteiger partial charge in [-0.05, 0) is 25.2 Å². The van der Waals surface area contributed by atoms with E-state index in [1.165, 1.54) is 0 Å². The van der Waals surface area contributed by atoms with Crippen molar-refractivity contribution in [1.29, 1.82) is 0 Å². The topological polar surface area (TPSA) is 95.5 Å². The van der Waals surface area contributed by atoms with Gasteiger partial charge in [0.1, 0.15) is 6.04 Å². The normalized spacial score (nSPS) is 16.2. The monoisotopic (exact) mass is 256 g/mol. The molecule has 0 saturated heterocycles. The highest BCUT2D eigenvalue weighted by Crippen LogP contribution is 2.28. The summed E-state index contributed by atoms with van der Waals surface area (Å²) < 4.78 is 0. The molecule has 6 nitrogen and oxygen atoms in total. The fourth-order valence-corrected chi connectivity index (χ4v) is 1.60. The highest BCUT2D eigenvalue weighted by atomic mass is 16.4. The predicted molar refractivity (Wildman–Crippen MR) is 64.8 cm³/mol. The molecule has 1 aliphatic carbocycles. The molecule has 1 fully saturated rings. The van der Waals surface area contributed by atoms with Crippen molar-refractivity contribution in [2.75, 3.05) is 6.54 Å². The Labute approximate surface area is 106 Å². The summed E-state index contributed by atoms with van der Waals surface area (Å²) in [6, 6.07) is -0.893. The van der Waals surface area contributed by atoms with Gasteiger partial charge in [-0.2, -0.15) is 0 Å². The van der Waals surface area contributed by atoms with E-state index in [9.17, 15) is 14.4 Å². The van der Waals surface area contributed by atoms with Gasteiger partial charge in [-0.25, -0.2) is 4.79 Å². The minimum Gasteiger partial charge on any atom is -0.480 e. The molecular formula is C12H20N2O4. The molecule has 0 spiro atoms. The molecule has 0 heterocycles. The summed E-state index contributed by atoms with van der Waals surface area (Å²) in [7, 11) is 0. The maximum atomic E-state index is 11.5. The number of hydrogen-bond acceptors (Lipinski definition) is 3. The van der Waals surface area contributed by atoms with Gasteiger partial charge < -0.3 is 15.7 Å². The van der Waals surface area contributed by atoms with Crippen LogP contribution in [0.2, 0.25) is 0 Å². The lowest BCUT2D eigenvalue weighted by Gasteiger charge is -2.16. The van der Waals surface area contributed by atoms with Crippen LogP contribution in [-0.4, -0.2) is 35.5 Å². The number of aliphatic carboxylic acids is 1. The Morgan fingerprint density at radius 1 is 1.28 bits per heavy atom. The van der Waals surface area contributed by atoms with Crippen molar-refractivity contribution in [1.82, 2.24) is 10.6 Å². The first-order valence-corrected chi connectivity index (χ1v) is 6.20. The van der Waals surface area contributed by atoms with Crippen LogP contribution in [0.1, 0.15) is 33.1 Å². The first-order valence-electron chi connectivity index (χ1n) is 6.20. The lowest BCUT2D eigenvalue weighted by Crippen LogP contribution is -2.46. The highest BCUT2D eigenvalue weighted by Gasteiger charge is 2.30. The van der Waals surface area contributed by atoms with Crippen LogP contribution in [0.15, 0.2) is 0 Å². The number of carbonyl (C=O) groups excluding carboxylic acids is 2. The van der Waals surface area contributed by atoms with Crippen LogP contribution in [0.3, 0.4) is 0 Å². The number of rotatable bonds is 7. The number of carboxylic acids is 1. The average molecular weight is 256 g/mol. The Hall–Kier alpha value is -1.59. The number of hydrogen-bond donors (Lipinski definition) is 3. The standard InChI is InChI=1S/C12H20N2O4/c1-7(2)5-9(12(17)18)14-10(15)6-13-11(16)8-3-4-8/h7-9H,3-6H2,1-2H3,(H,13,16)(H,14,15)(H,17,18)/t9-/m0/s1. The van der Waals surface area contributed by atoms with Gasteiger partial charge in [0.05, 0.1) is 6.54 Å². The summed E-state index contributed by atoms with van der Waals surface area (Å²) in [5, 5.41) is 13.9. The fourth-order valence-electron chi connectivity index (χ4n) is 1.60. The Morgan fingerprint density at radius 2 is 1.89 bits per heavy atom. The van der Waals surface area contributed by atoms with Crippen LogP contribution in [0.25, 0.3) is 0 Å². The largest absolute Gasteiger partial charge is 0.480 e. The molecule has 1 rings (SSSR count). The molecule has 6 heteroatoms. The molecule has 0 aromatic rings. The molecule has 0 aromatic carbocycles. The third-order valence-electron chi connectivity index (χ3n) is 2.71. The Kier molecular flexibility index (Phi) is 5.12. The zero-order chi connectivity index (χ0) is 13.7. The second kappa shape index (κ2) is 6.37. The van der Waals surface area contributed by atoms with Crippen molar-refractivity contribution in [3.8, 4) is 0 Å². The van der Waals surface area contributed by atoms with Crippen molar-refractivity contribution >= 4 is 17.8 Å². The Balaban J connectivity index is 2.31. The molecule has 0 aliphatic heterocycles. The van der Waals surface area contributed by atoms with Crippen LogP contribution >= 0.6 is 0 Å². The molecule has 1 saturated carbocycles. The Bertz CT molecular complexity index is 337. The van der Waals surface area contributed by atoms with Crippen LogP contribution in [-0.2, 0) is 14.4 Å². The summed E-state index contributed by atoms with van der Waals surface area (Å²) >= 11 is 0. The predicted octanol–water partition coefficient (Wildman–Crippen LogP) is 0.128. The number of carbonyl (C=O) groups is 3. The van der Waals surface area contributed by atoms with Crippen LogP contribution < -0.4 is 10.6 Å². The molecule has 0 aromatic heterocycles. The minimum atomic E-state index is -1.05. The second-order valence-electron chi connectivity index (χ2n) is 5.08. The maximum Gasteiger partial charge on any atom is 0.326 e. The molecule has 3 N–H and O–H groups in total. The molecule has 1 aliphatic rings. The van der Waals surface area contributed by atoms with E-state index in [-0.39, 0.29) is 24.3 Å². The van der Waals surface area contributed by atoms with Gasteiger partial charge in [-0.1, -0.05) is 13.8 Å². The molecule has 102 valence electrons. The van der Waals surface area contributed by atoms with Crippen molar-refractivity contribution in [2.45, 2.75) is 39.2 Å². The summed E-state index contributed by atoms with van der Waals surface area (Å²) in [4.78, 5) is 33.7. The summed E-state index contributed by atoms with van der Waals surface area (Å²) in [5.74, 6) is -1.42. The minimum absolute atomic E-state index is 0.0451. The van der Waals surface area contributed by atoms with E-state index in [2.05, 4.69) is 10.6 Å². The van der Waals surface area contributed by atoms with Crippen LogP contribution in [0.4, 0.5) is 0 Å². The van der Waals surface area contributed by atoms with Crippen molar-refractivity contribution in [3.63, 3.8) is 0 Å². The molecular weight excluding hydrogens is 236 g/mol. The molecule has 0 bridgehead atoms. The number of nitrogens with one attached hydrogen (secondary N) is 2. The SMILES string of the molecule is CC(C)C[C@H](NC(=O)CNC(=O)C1CC1)C(=O)O. The van der Waals surface area contributed by atoms with Gasteiger partial charge in [0.25, 0.3) is 0 Å². The van der Waals surface area contributed by atoms with E-state index in [1.54, 1.807) is 0 Å². The lowest BCUT2D eigenvalue weighted by atomic mass is 10.0. The smallest absolute Gasteiger partial charge is 0.326 e. The third-order valence-corrected chi connectivity index (χ3v) is 2.71. The maximum absolute atomic E-state index is 11.5. The zero-order valence-corrected chi connectivity index (χ0v) is 10.7. The number of amides is 2. The van der Waals surface area contributed by atoms with E-state index >= 15 is 0 Å². The van der Waals surface area contributed by atoms with Gasteiger partial charge in [0.2, 0.25) is 11.8 Å². The molecule has 0 unspecified atom stereocenters. The molecule has 1 atom stereocenters. The van der Waals surface area contributed by atoms with E-state index in [4.69, 9.17) is 5.11 Å². The highest BCUT2D eigenvalue weighted by molar-refractivity contribution is 5.89. The molecule has 0 radical (unpaired) electrons. The molecule has 18 heavy (non-hydrogen) atoms. The van der Waals surface area contributed by atoms with Crippen molar-refractivity contribution < 1.29 is 19.5 Å². The van der Waals surface area contributed by atoms with E-state index in [0.717, 1.165) is 12.8 Å². The van der Waals surface area contributed by atoms with Gasteiger partial charge in [0.15, 0.2) is 0 Å². The van der Waals surface area contributed by atoms with Gasteiger partial charge in [-0.15, -0.1) is 0 Å². The lowest BCUT2D eigenvalue weighted by molar-refractivity contribution is -0.142. The van der Waals surface area contributed by atoms with E-state index < -0.39 is 17.9 Å². The molecule has 2 amide bonds. The summed E-state index contributed by atoms with van der Waals surface area (Å²) in [6.45, 7) is 3.62. The van der Waals surface area contributed by atoms with Crippen molar-refractivity contribution in [2.24, 2.45) is 11.8 Å². The summed E-state index contributed by atoms with van der Waals surface area (Å²) in [5.41, 5.74) is 0. The fraction of sp³-hybridized carbons (Fsp3) is 0.750. The van der Waals surface area contributed by atoms with Crippen LogP contribution in [0, 0.1) is 11.8 Å².